The predicted octanol–water partition coefficient (Wildman–Crippen LogP) is 5.60. The van der Waals surface area contributed by atoms with E-state index >= 15 is 0 Å². The maximum absolute atomic E-state index is 11.8. The Balaban J connectivity index is 2.07. The maximum Gasteiger partial charge on any atom is 0.203 e. The molecule has 25 heavy (non-hydrogen) atoms. The van der Waals surface area contributed by atoms with Gasteiger partial charge in [0.15, 0.2) is 6.29 Å². The first-order chi connectivity index (χ1) is 12.0. The predicted molar refractivity (Wildman–Crippen MR) is 103 cm³/mol. The first-order valence-electron chi connectivity index (χ1n) is 7.89. The molecule has 128 valence electrons. The van der Waals surface area contributed by atoms with Gasteiger partial charge in [0.25, 0.3) is 0 Å². The first kappa shape index (κ1) is 16.7. The lowest BCUT2D eigenvalue weighted by Gasteiger charge is -2.17. The molecule has 0 unspecified atom stereocenters. The molecular weight excluding hydrogens is 381 g/mol. The fraction of sp³-hybridized carbons (Fsp3) is 0.222. The van der Waals surface area contributed by atoms with E-state index in [1.165, 1.54) is 0 Å². The van der Waals surface area contributed by atoms with Gasteiger partial charge in [0.1, 0.15) is 5.52 Å². The molecule has 0 spiro atoms. The lowest BCUT2D eigenvalue weighted by atomic mass is 9.97. The second kappa shape index (κ2) is 6.20. The van der Waals surface area contributed by atoms with Crippen molar-refractivity contribution in [2.75, 3.05) is 11.9 Å². The molecule has 1 aliphatic heterocycles. The van der Waals surface area contributed by atoms with Crippen LogP contribution in [0.15, 0.2) is 18.2 Å². The summed E-state index contributed by atoms with van der Waals surface area (Å²) in [6, 6.07) is 5.28. The van der Waals surface area contributed by atoms with E-state index in [-0.39, 0.29) is 0 Å². The molecule has 4 rings (SSSR count). The molecule has 0 radical (unpaired) electrons. The van der Waals surface area contributed by atoms with Gasteiger partial charge in [0.05, 0.1) is 15.6 Å². The van der Waals surface area contributed by atoms with Crippen LogP contribution in [0.2, 0.25) is 15.1 Å². The Morgan fingerprint density at radius 1 is 1.24 bits per heavy atom. The third-order valence-electron chi connectivity index (χ3n) is 4.48. The van der Waals surface area contributed by atoms with Crippen molar-refractivity contribution in [2.45, 2.75) is 19.9 Å². The average molecular weight is 395 g/mol. The number of benzene rings is 2. The third kappa shape index (κ3) is 2.60. The number of aromatic nitrogens is 2. The van der Waals surface area contributed by atoms with Crippen LogP contribution in [-0.2, 0) is 6.54 Å². The Bertz CT molecular complexity index is 1000. The molecule has 0 atom stereocenters. The van der Waals surface area contributed by atoms with Gasteiger partial charge in [-0.25, -0.2) is 4.98 Å². The van der Waals surface area contributed by atoms with Crippen molar-refractivity contribution in [3.63, 3.8) is 0 Å². The number of nitrogens with one attached hydrogen (secondary N) is 1. The molecule has 2 aromatic carbocycles. The van der Waals surface area contributed by atoms with Crippen molar-refractivity contribution >= 4 is 58.1 Å². The number of imidazole rings is 1. The molecule has 3 aromatic rings. The number of hydrogen-bond acceptors (Lipinski definition) is 3. The Labute approximate surface area is 159 Å². The Hall–Kier alpha value is -1.75. The number of aldehydes is 1. The number of halogens is 3. The Kier molecular flexibility index (Phi) is 4.14. The summed E-state index contributed by atoms with van der Waals surface area (Å²) in [6.07, 6.45) is 1.81. The zero-order chi connectivity index (χ0) is 17.7. The number of fused-ring (bicyclic) bond motifs is 3. The van der Waals surface area contributed by atoms with Gasteiger partial charge >= 0.3 is 0 Å². The Morgan fingerprint density at radius 3 is 2.76 bits per heavy atom. The summed E-state index contributed by atoms with van der Waals surface area (Å²) in [5.41, 5.74) is 4.25. The number of anilines is 1. The fourth-order valence-electron chi connectivity index (χ4n) is 3.42. The average Bonchev–Trinajstić information content (AvgIpc) is 2.96. The summed E-state index contributed by atoms with van der Waals surface area (Å²) in [5.74, 6) is 0.738. The highest BCUT2D eigenvalue weighted by atomic mass is 35.5. The van der Waals surface area contributed by atoms with Crippen molar-refractivity contribution < 1.29 is 4.79 Å². The molecule has 0 amide bonds. The zero-order valence-corrected chi connectivity index (χ0v) is 15.6. The van der Waals surface area contributed by atoms with Gasteiger partial charge in [-0.05, 0) is 37.1 Å². The standard InChI is InChI=1S/C18H14Cl3N3O/c1-9-5-11(19)7-13(20)14(9)12-6-10(8-25)17-16(15(12)21)23-18-22-3-2-4-24(17)18/h5-8H,2-4H2,1H3,(H,22,23). The highest BCUT2D eigenvalue weighted by Crippen LogP contribution is 2.42. The van der Waals surface area contributed by atoms with Gasteiger partial charge in [-0.2, -0.15) is 0 Å². The topological polar surface area (TPSA) is 46.9 Å². The maximum atomic E-state index is 11.8. The smallest absolute Gasteiger partial charge is 0.203 e. The number of carbonyl (C=O) groups excluding carboxylic acids is 1. The van der Waals surface area contributed by atoms with Crippen molar-refractivity contribution in [1.82, 2.24) is 9.55 Å². The number of aryl methyl sites for hydroxylation is 2. The van der Waals surface area contributed by atoms with Gasteiger partial charge in [-0.3, -0.25) is 4.79 Å². The van der Waals surface area contributed by atoms with Crippen LogP contribution in [0.25, 0.3) is 22.2 Å². The fourth-order valence-corrected chi connectivity index (χ4v) is 4.40. The minimum atomic E-state index is 0.483. The minimum Gasteiger partial charge on any atom is -0.356 e. The minimum absolute atomic E-state index is 0.483. The van der Waals surface area contributed by atoms with Crippen molar-refractivity contribution in [1.29, 1.82) is 0 Å². The monoisotopic (exact) mass is 393 g/mol. The van der Waals surface area contributed by atoms with Crippen LogP contribution in [0, 0.1) is 6.92 Å². The molecule has 0 aliphatic carbocycles. The van der Waals surface area contributed by atoms with E-state index in [2.05, 4.69) is 10.3 Å². The summed E-state index contributed by atoms with van der Waals surface area (Å²) in [7, 11) is 0. The van der Waals surface area contributed by atoms with E-state index in [1.807, 2.05) is 17.6 Å². The van der Waals surface area contributed by atoms with Gasteiger partial charge in [-0.15, -0.1) is 0 Å². The number of hydrogen-bond donors (Lipinski definition) is 1. The van der Waals surface area contributed by atoms with Crippen LogP contribution in [0.1, 0.15) is 22.3 Å². The summed E-state index contributed by atoms with van der Waals surface area (Å²) in [4.78, 5) is 16.4. The number of nitrogens with zero attached hydrogens (tertiary/aromatic N) is 2. The highest BCUT2D eigenvalue weighted by Gasteiger charge is 2.23. The van der Waals surface area contributed by atoms with Crippen LogP contribution < -0.4 is 5.32 Å². The van der Waals surface area contributed by atoms with E-state index < -0.39 is 0 Å². The second-order valence-corrected chi connectivity index (χ2v) is 7.31. The highest BCUT2D eigenvalue weighted by molar-refractivity contribution is 6.40. The van der Waals surface area contributed by atoms with Crippen LogP contribution in [-0.4, -0.2) is 22.4 Å². The third-order valence-corrected chi connectivity index (χ3v) is 5.37. The van der Waals surface area contributed by atoms with Crippen molar-refractivity contribution in [3.8, 4) is 11.1 Å². The van der Waals surface area contributed by atoms with Crippen LogP contribution in [0.3, 0.4) is 0 Å². The SMILES string of the molecule is Cc1cc(Cl)cc(Cl)c1-c1cc(C=O)c2c(nc3n2CCCN3)c1Cl. The molecule has 1 aliphatic rings. The molecule has 2 heterocycles. The van der Waals surface area contributed by atoms with E-state index in [1.54, 1.807) is 12.1 Å². The largest absolute Gasteiger partial charge is 0.356 e. The number of rotatable bonds is 2. The van der Waals surface area contributed by atoms with Crippen LogP contribution in [0.4, 0.5) is 5.95 Å². The summed E-state index contributed by atoms with van der Waals surface area (Å²) < 4.78 is 2.01. The van der Waals surface area contributed by atoms with Gasteiger partial charge in [0, 0.05) is 34.8 Å². The van der Waals surface area contributed by atoms with Crippen LogP contribution >= 0.6 is 34.8 Å². The van der Waals surface area contributed by atoms with Gasteiger partial charge in [0.2, 0.25) is 5.95 Å². The summed E-state index contributed by atoms with van der Waals surface area (Å²) >= 11 is 19.2. The first-order valence-corrected chi connectivity index (χ1v) is 9.02. The van der Waals surface area contributed by atoms with Crippen LogP contribution in [0.5, 0.6) is 0 Å². The molecule has 0 fully saturated rings. The zero-order valence-electron chi connectivity index (χ0n) is 13.4. The van der Waals surface area contributed by atoms with Crippen molar-refractivity contribution in [2.24, 2.45) is 0 Å². The molecule has 0 saturated heterocycles. The van der Waals surface area contributed by atoms with E-state index in [9.17, 15) is 4.79 Å². The van der Waals surface area contributed by atoms with Gasteiger partial charge < -0.3 is 9.88 Å². The molecule has 7 heteroatoms. The molecule has 1 N–H and O–H groups in total. The van der Waals surface area contributed by atoms with Gasteiger partial charge in [-0.1, -0.05) is 34.8 Å². The van der Waals surface area contributed by atoms with E-state index in [0.717, 1.165) is 48.4 Å². The van der Waals surface area contributed by atoms with E-state index in [4.69, 9.17) is 34.8 Å². The lowest BCUT2D eigenvalue weighted by molar-refractivity contribution is 0.112. The molecule has 1 aromatic heterocycles. The summed E-state index contributed by atoms with van der Waals surface area (Å²) in [5, 5.41) is 4.78. The lowest BCUT2D eigenvalue weighted by Crippen LogP contribution is -2.17. The molecule has 0 bridgehead atoms. The second-order valence-electron chi connectivity index (χ2n) is 6.09. The summed E-state index contributed by atoms with van der Waals surface area (Å²) in [6.45, 7) is 3.57. The quantitative estimate of drug-likeness (QED) is 0.575. The molecule has 0 saturated carbocycles. The number of carbonyl (C=O) groups is 1. The Morgan fingerprint density at radius 2 is 2.04 bits per heavy atom. The molecule has 4 nitrogen and oxygen atoms in total. The normalized spacial score (nSPS) is 13.6. The van der Waals surface area contributed by atoms with Crippen molar-refractivity contribution in [3.05, 3.63) is 44.4 Å². The molecular formula is C18H14Cl3N3O. The van der Waals surface area contributed by atoms with E-state index in [0.29, 0.717) is 31.7 Å².